The first-order chi connectivity index (χ1) is 9.69. The van der Waals surface area contributed by atoms with Crippen LogP contribution in [0.15, 0.2) is 24.3 Å². The van der Waals surface area contributed by atoms with E-state index in [0.29, 0.717) is 18.8 Å². The number of para-hydroxylation sites is 2. The molecule has 1 aromatic heterocycles. The number of aromatic nitrogens is 2. The molecular formula is C15H21N3O2. The molecule has 0 atom stereocenters. The summed E-state index contributed by atoms with van der Waals surface area (Å²) in [5.74, 6) is -0.282. The molecule has 0 radical (unpaired) electrons. The van der Waals surface area contributed by atoms with E-state index in [0.717, 1.165) is 23.9 Å². The molecule has 2 rings (SSSR count). The highest BCUT2D eigenvalue weighted by atomic mass is 16.5. The molecule has 0 unspecified atom stereocenters. The van der Waals surface area contributed by atoms with Crippen molar-refractivity contribution in [2.24, 2.45) is 0 Å². The quantitative estimate of drug-likeness (QED) is 0.649. The van der Waals surface area contributed by atoms with Crippen LogP contribution in [0, 0.1) is 5.41 Å². The van der Waals surface area contributed by atoms with E-state index in [-0.39, 0.29) is 12.5 Å². The van der Waals surface area contributed by atoms with E-state index in [4.69, 9.17) is 10.1 Å². The van der Waals surface area contributed by atoms with Gasteiger partial charge in [0.05, 0.1) is 17.6 Å². The van der Waals surface area contributed by atoms with E-state index in [1.165, 1.54) is 0 Å². The summed E-state index contributed by atoms with van der Waals surface area (Å²) in [5.41, 5.74) is 2.20. The van der Waals surface area contributed by atoms with Gasteiger partial charge in [0, 0.05) is 6.54 Å². The van der Waals surface area contributed by atoms with Gasteiger partial charge in [-0.25, -0.2) is 0 Å². The van der Waals surface area contributed by atoms with E-state index >= 15 is 0 Å². The maximum absolute atomic E-state index is 11.8. The number of hydrogen-bond donors (Lipinski definition) is 1. The molecule has 20 heavy (non-hydrogen) atoms. The van der Waals surface area contributed by atoms with Gasteiger partial charge in [-0.1, -0.05) is 25.5 Å². The maximum Gasteiger partial charge on any atom is 0.326 e. The molecule has 2 aromatic rings. The van der Waals surface area contributed by atoms with E-state index < -0.39 is 0 Å². The largest absolute Gasteiger partial charge is 0.464 e. The summed E-state index contributed by atoms with van der Waals surface area (Å²) >= 11 is 0. The van der Waals surface area contributed by atoms with Crippen LogP contribution in [0.2, 0.25) is 0 Å². The number of rotatable bonds is 6. The van der Waals surface area contributed by atoms with Gasteiger partial charge in [-0.15, -0.1) is 0 Å². The molecule has 0 spiro atoms. The molecule has 5 nitrogen and oxygen atoms in total. The van der Waals surface area contributed by atoms with Crippen LogP contribution in [0.3, 0.4) is 0 Å². The van der Waals surface area contributed by atoms with Crippen LogP contribution >= 0.6 is 0 Å². The smallest absolute Gasteiger partial charge is 0.326 e. The van der Waals surface area contributed by atoms with Crippen molar-refractivity contribution >= 4 is 17.0 Å². The Morgan fingerprint density at radius 2 is 1.85 bits per heavy atom. The van der Waals surface area contributed by atoms with Crippen LogP contribution in [0.1, 0.15) is 26.7 Å². The summed E-state index contributed by atoms with van der Waals surface area (Å²) in [6.07, 6.45) is 1.88. The molecule has 0 amide bonds. The minimum Gasteiger partial charge on any atom is -0.464 e. The second-order valence-electron chi connectivity index (χ2n) is 4.72. The van der Waals surface area contributed by atoms with Crippen molar-refractivity contribution < 1.29 is 9.53 Å². The van der Waals surface area contributed by atoms with Gasteiger partial charge in [0.25, 0.3) is 0 Å². The monoisotopic (exact) mass is 275 g/mol. The zero-order valence-electron chi connectivity index (χ0n) is 12.1. The van der Waals surface area contributed by atoms with E-state index in [9.17, 15) is 4.79 Å². The van der Waals surface area contributed by atoms with Gasteiger partial charge in [-0.05, 0) is 25.5 Å². The molecule has 0 aliphatic heterocycles. The number of ether oxygens (including phenoxy) is 1. The van der Waals surface area contributed by atoms with E-state index in [1.807, 2.05) is 35.8 Å². The first kappa shape index (κ1) is 14.4. The molecule has 0 bridgehead atoms. The fourth-order valence-electron chi connectivity index (χ4n) is 2.28. The number of aryl methyl sites for hydroxylation is 1. The summed E-state index contributed by atoms with van der Waals surface area (Å²) in [6, 6.07) is 7.76. The van der Waals surface area contributed by atoms with Gasteiger partial charge in [0.1, 0.15) is 6.54 Å². The van der Waals surface area contributed by atoms with Gasteiger partial charge in [0.2, 0.25) is 5.62 Å². The van der Waals surface area contributed by atoms with Crippen LogP contribution < -0.4 is 5.62 Å². The summed E-state index contributed by atoms with van der Waals surface area (Å²) < 4.78 is 8.77. The highest BCUT2D eigenvalue weighted by molar-refractivity contribution is 5.78. The first-order valence-corrected chi connectivity index (χ1v) is 7.07. The molecule has 5 heteroatoms. The van der Waals surface area contributed by atoms with Gasteiger partial charge in [0.15, 0.2) is 0 Å². The average Bonchev–Trinajstić information content (AvgIpc) is 2.72. The Bertz CT molecular complexity index is 655. The Kier molecular flexibility index (Phi) is 4.61. The lowest BCUT2D eigenvalue weighted by Gasteiger charge is -2.05. The van der Waals surface area contributed by atoms with Gasteiger partial charge >= 0.3 is 5.97 Å². The SMILES string of the molecule is CCCCOC(=O)Cn1c(=N)n(CC)c2ccccc21. The number of nitrogens with zero attached hydrogens (tertiary/aromatic N) is 2. The van der Waals surface area contributed by atoms with Gasteiger partial charge in [-0.2, -0.15) is 0 Å². The number of fused-ring (bicyclic) bond motifs is 1. The summed E-state index contributed by atoms with van der Waals surface area (Å²) in [7, 11) is 0. The first-order valence-electron chi connectivity index (χ1n) is 7.07. The Morgan fingerprint density at radius 3 is 2.45 bits per heavy atom. The molecule has 1 N–H and O–H groups in total. The molecular weight excluding hydrogens is 254 g/mol. The van der Waals surface area contributed by atoms with Crippen molar-refractivity contribution in [1.82, 2.24) is 9.13 Å². The van der Waals surface area contributed by atoms with Crippen molar-refractivity contribution in [3.05, 3.63) is 29.9 Å². The van der Waals surface area contributed by atoms with Gasteiger partial charge in [-0.3, -0.25) is 14.8 Å². The number of imidazole rings is 1. The lowest BCUT2D eigenvalue weighted by Crippen LogP contribution is -2.27. The lowest BCUT2D eigenvalue weighted by molar-refractivity contribution is -0.144. The molecule has 1 heterocycles. The number of nitrogens with one attached hydrogen (secondary N) is 1. The molecule has 0 fully saturated rings. The lowest BCUT2D eigenvalue weighted by atomic mass is 10.3. The zero-order chi connectivity index (χ0) is 14.5. The van der Waals surface area contributed by atoms with Crippen LogP contribution in [-0.2, 0) is 22.6 Å². The van der Waals surface area contributed by atoms with Crippen molar-refractivity contribution in [3.63, 3.8) is 0 Å². The predicted octanol–water partition coefficient (Wildman–Crippen LogP) is 2.29. The third-order valence-electron chi connectivity index (χ3n) is 3.34. The number of benzene rings is 1. The Balaban J connectivity index is 2.28. The Labute approximate surface area is 118 Å². The van der Waals surface area contributed by atoms with Crippen LogP contribution in [0.4, 0.5) is 0 Å². The molecule has 1 aromatic carbocycles. The molecule has 108 valence electrons. The fourth-order valence-corrected chi connectivity index (χ4v) is 2.28. The van der Waals surface area contributed by atoms with Gasteiger partial charge < -0.3 is 9.30 Å². The van der Waals surface area contributed by atoms with Crippen LogP contribution in [0.25, 0.3) is 11.0 Å². The molecule has 0 aliphatic rings. The molecule has 0 saturated carbocycles. The summed E-state index contributed by atoms with van der Waals surface area (Å²) in [6.45, 7) is 5.30. The normalized spacial score (nSPS) is 10.9. The molecule has 0 aliphatic carbocycles. The third kappa shape index (κ3) is 2.76. The Morgan fingerprint density at radius 1 is 1.20 bits per heavy atom. The zero-order valence-corrected chi connectivity index (χ0v) is 12.1. The Hall–Kier alpha value is -2.04. The number of carbonyl (C=O) groups is 1. The summed E-state index contributed by atoms with van der Waals surface area (Å²) in [4.78, 5) is 11.8. The third-order valence-corrected chi connectivity index (χ3v) is 3.34. The number of esters is 1. The van der Waals surface area contributed by atoms with Crippen molar-refractivity contribution in [2.75, 3.05) is 6.61 Å². The van der Waals surface area contributed by atoms with Crippen LogP contribution in [0.5, 0.6) is 0 Å². The van der Waals surface area contributed by atoms with Crippen molar-refractivity contribution in [1.29, 1.82) is 5.41 Å². The summed E-state index contributed by atoms with van der Waals surface area (Å²) in [5, 5.41) is 8.20. The second-order valence-corrected chi connectivity index (χ2v) is 4.72. The average molecular weight is 275 g/mol. The van der Waals surface area contributed by atoms with E-state index in [1.54, 1.807) is 4.57 Å². The minimum absolute atomic E-state index is 0.0933. The van der Waals surface area contributed by atoms with Crippen molar-refractivity contribution in [2.45, 2.75) is 39.8 Å². The highest BCUT2D eigenvalue weighted by Crippen LogP contribution is 2.12. The molecule has 0 saturated heterocycles. The number of carbonyl (C=O) groups excluding carboxylic acids is 1. The standard InChI is InChI=1S/C15H21N3O2/c1-3-5-10-20-14(19)11-18-13-9-7-6-8-12(13)17(4-2)15(18)16/h6-9,16H,3-5,10-11H2,1-2H3. The van der Waals surface area contributed by atoms with Crippen LogP contribution in [-0.4, -0.2) is 21.7 Å². The minimum atomic E-state index is -0.282. The predicted molar refractivity (Wildman–Crippen MR) is 77.3 cm³/mol. The second kappa shape index (κ2) is 6.41. The topological polar surface area (TPSA) is 60.0 Å². The highest BCUT2D eigenvalue weighted by Gasteiger charge is 2.12. The fraction of sp³-hybridized carbons (Fsp3) is 0.467. The number of hydrogen-bond acceptors (Lipinski definition) is 3. The number of unbranched alkanes of at least 4 members (excludes halogenated alkanes) is 1. The van der Waals surface area contributed by atoms with E-state index in [2.05, 4.69) is 6.92 Å². The maximum atomic E-state index is 11.8. The van der Waals surface area contributed by atoms with Crippen molar-refractivity contribution in [3.8, 4) is 0 Å².